The molecule has 0 saturated carbocycles. The second-order valence-corrected chi connectivity index (χ2v) is 3.66. The molecule has 0 bridgehead atoms. The predicted molar refractivity (Wildman–Crippen MR) is 55.3 cm³/mol. The van der Waals surface area contributed by atoms with Crippen molar-refractivity contribution in [1.82, 2.24) is 5.32 Å². The molecule has 16 heavy (non-hydrogen) atoms. The van der Waals surface area contributed by atoms with E-state index in [2.05, 4.69) is 5.32 Å². The molecule has 6 heteroatoms. The summed E-state index contributed by atoms with van der Waals surface area (Å²) in [5.74, 6) is -1.39. The lowest BCUT2D eigenvalue weighted by Crippen LogP contribution is -2.39. The zero-order chi connectivity index (χ0) is 10.4. The highest BCUT2D eigenvalue weighted by atomic mass is 35.5. The van der Waals surface area contributed by atoms with Crippen molar-refractivity contribution in [2.45, 2.75) is 12.2 Å². The molecule has 88 valence electrons. The van der Waals surface area contributed by atoms with Crippen LogP contribution in [0, 0.1) is 11.6 Å². The average Bonchev–Trinajstić information content (AvgIpc) is 2.69. The lowest BCUT2D eigenvalue weighted by molar-refractivity contribution is 0.0467. The van der Waals surface area contributed by atoms with E-state index in [-0.39, 0.29) is 36.1 Å². The van der Waals surface area contributed by atoms with Gasteiger partial charge in [-0.15, -0.1) is 12.4 Å². The van der Waals surface area contributed by atoms with E-state index in [9.17, 15) is 8.78 Å². The number of benzene rings is 1. The van der Waals surface area contributed by atoms with Gasteiger partial charge < -0.3 is 14.8 Å². The fraction of sp³-hybridized carbons (Fsp3) is 0.400. The average molecular weight is 250 g/mol. The summed E-state index contributed by atoms with van der Waals surface area (Å²) >= 11 is 0. The van der Waals surface area contributed by atoms with Crippen molar-refractivity contribution in [3.63, 3.8) is 0 Å². The van der Waals surface area contributed by atoms with Gasteiger partial charge in [0.15, 0.2) is 11.6 Å². The fourth-order valence-electron chi connectivity index (χ4n) is 1.90. The number of hydrogen-bond donors (Lipinski definition) is 1. The maximum Gasteiger partial charge on any atom is 0.200 e. The number of ether oxygens (including phenoxy) is 2. The standard InChI is InChI=1S/C10H9F2NO2.ClH/c11-5-1-2-6(12)10-9(5)14-7-3-13-4-8(7)15-10;/h1-2,7-8,13H,3-4H2;1H/t7-,8-;/m0./s1. The highest BCUT2D eigenvalue weighted by Gasteiger charge is 2.38. The van der Waals surface area contributed by atoms with Gasteiger partial charge in [-0.2, -0.15) is 0 Å². The number of fused-ring (bicyclic) bond motifs is 2. The third-order valence-electron chi connectivity index (χ3n) is 2.66. The summed E-state index contributed by atoms with van der Waals surface area (Å²) in [6.45, 7) is 1.19. The minimum Gasteiger partial charge on any atom is -0.478 e. The molecule has 1 aromatic carbocycles. The van der Waals surface area contributed by atoms with Crippen molar-refractivity contribution >= 4 is 12.4 Å². The van der Waals surface area contributed by atoms with E-state index in [4.69, 9.17) is 9.47 Å². The van der Waals surface area contributed by atoms with Crippen LogP contribution in [0.4, 0.5) is 8.78 Å². The van der Waals surface area contributed by atoms with Gasteiger partial charge in [0.25, 0.3) is 0 Å². The van der Waals surface area contributed by atoms with Gasteiger partial charge >= 0.3 is 0 Å². The lowest BCUT2D eigenvalue weighted by atomic mass is 10.2. The first kappa shape index (κ1) is 11.4. The van der Waals surface area contributed by atoms with Crippen LogP contribution in [-0.2, 0) is 0 Å². The summed E-state index contributed by atoms with van der Waals surface area (Å²) < 4.78 is 37.4. The van der Waals surface area contributed by atoms with Gasteiger partial charge in [0.2, 0.25) is 11.5 Å². The normalized spacial score (nSPS) is 25.9. The molecule has 1 aromatic rings. The monoisotopic (exact) mass is 249 g/mol. The van der Waals surface area contributed by atoms with E-state index in [1.807, 2.05) is 0 Å². The van der Waals surface area contributed by atoms with E-state index in [0.717, 1.165) is 12.1 Å². The molecule has 2 aliphatic rings. The SMILES string of the molecule is Cl.Fc1ccc(F)c2c1O[C@H]1CNC[C@@H]1O2. The Balaban J connectivity index is 0.000000963. The largest absolute Gasteiger partial charge is 0.478 e. The van der Waals surface area contributed by atoms with Crippen LogP contribution in [0.2, 0.25) is 0 Å². The van der Waals surface area contributed by atoms with Crippen molar-refractivity contribution in [2.24, 2.45) is 0 Å². The van der Waals surface area contributed by atoms with Crippen LogP contribution in [0.3, 0.4) is 0 Å². The maximum atomic E-state index is 13.3. The number of nitrogens with one attached hydrogen (secondary N) is 1. The first-order chi connectivity index (χ1) is 7.25. The quantitative estimate of drug-likeness (QED) is 0.756. The molecule has 2 aliphatic heterocycles. The van der Waals surface area contributed by atoms with Crippen LogP contribution in [0.15, 0.2) is 12.1 Å². The third kappa shape index (κ3) is 1.60. The topological polar surface area (TPSA) is 30.5 Å². The molecule has 3 rings (SSSR count). The number of halogens is 3. The van der Waals surface area contributed by atoms with E-state index in [1.54, 1.807) is 0 Å². The summed E-state index contributed by atoms with van der Waals surface area (Å²) in [5, 5.41) is 3.04. The van der Waals surface area contributed by atoms with Crippen molar-refractivity contribution in [1.29, 1.82) is 0 Å². The first-order valence-corrected chi connectivity index (χ1v) is 4.78. The van der Waals surface area contributed by atoms with Gasteiger partial charge in [-0.05, 0) is 12.1 Å². The Kier molecular flexibility index (Phi) is 2.90. The maximum absolute atomic E-state index is 13.3. The minimum absolute atomic E-state index is 0. The van der Waals surface area contributed by atoms with Gasteiger partial charge in [0.05, 0.1) is 0 Å². The lowest BCUT2D eigenvalue weighted by Gasteiger charge is -2.28. The van der Waals surface area contributed by atoms with Crippen molar-refractivity contribution in [3.05, 3.63) is 23.8 Å². The van der Waals surface area contributed by atoms with Gasteiger partial charge in [0, 0.05) is 13.1 Å². The third-order valence-corrected chi connectivity index (χ3v) is 2.66. The molecule has 0 aromatic heterocycles. The molecule has 1 saturated heterocycles. The highest BCUT2D eigenvalue weighted by molar-refractivity contribution is 5.85. The van der Waals surface area contributed by atoms with Crippen LogP contribution in [0.5, 0.6) is 11.5 Å². The Morgan fingerprint density at radius 2 is 1.44 bits per heavy atom. The molecular weight excluding hydrogens is 240 g/mol. The van der Waals surface area contributed by atoms with Gasteiger partial charge in [0.1, 0.15) is 12.2 Å². The second kappa shape index (κ2) is 4.07. The van der Waals surface area contributed by atoms with Gasteiger partial charge in [-0.1, -0.05) is 0 Å². The fourth-order valence-corrected chi connectivity index (χ4v) is 1.90. The molecule has 2 atom stereocenters. The number of rotatable bonds is 0. The van der Waals surface area contributed by atoms with Gasteiger partial charge in [-0.3, -0.25) is 0 Å². The van der Waals surface area contributed by atoms with E-state index in [1.165, 1.54) is 0 Å². The Morgan fingerprint density at radius 1 is 1.00 bits per heavy atom. The Hall–Kier alpha value is -1.07. The number of hydrogen-bond acceptors (Lipinski definition) is 3. The van der Waals surface area contributed by atoms with E-state index < -0.39 is 11.6 Å². The molecule has 0 amide bonds. The van der Waals surface area contributed by atoms with Gasteiger partial charge in [-0.25, -0.2) is 8.78 Å². The first-order valence-electron chi connectivity index (χ1n) is 4.78. The van der Waals surface area contributed by atoms with Crippen molar-refractivity contribution in [2.75, 3.05) is 13.1 Å². The van der Waals surface area contributed by atoms with Crippen LogP contribution in [0.1, 0.15) is 0 Å². The minimum atomic E-state index is -0.586. The second-order valence-electron chi connectivity index (χ2n) is 3.66. The van der Waals surface area contributed by atoms with E-state index >= 15 is 0 Å². The molecule has 2 heterocycles. The van der Waals surface area contributed by atoms with Crippen LogP contribution < -0.4 is 14.8 Å². The van der Waals surface area contributed by atoms with Crippen LogP contribution >= 0.6 is 12.4 Å². The zero-order valence-electron chi connectivity index (χ0n) is 8.20. The molecule has 0 radical (unpaired) electrons. The van der Waals surface area contributed by atoms with Crippen LogP contribution in [0.25, 0.3) is 0 Å². The summed E-state index contributed by atoms with van der Waals surface area (Å²) in [5.41, 5.74) is 0. The Morgan fingerprint density at radius 3 is 1.88 bits per heavy atom. The molecule has 1 fully saturated rings. The molecule has 3 nitrogen and oxygen atoms in total. The summed E-state index contributed by atoms with van der Waals surface area (Å²) in [7, 11) is 0. The molecule has 0 spiro atoms. The summed E-state index contributed by atoms with van der Waals surface area (Å²) in [6.07, 6.45) is -0.456. The predicted octanol–water partition coefficient (Wildman–Crippen LogP) is 1.50. The van der Waals surface area contributed by atoms with Crippen LogP contribution in [-0.4, -0.2) is 25.3 Å². The summed E-state index contributed by atoms with van der Waals surface area (Å²) in [6, 6.07) is 2.08. The molecule has 1 N–H and O–H groups in total. The summed E-state index contributed by atoms with van der Waals surface area (Å²) in [4.78, 5) is 0. The molecule has 0 aliphatic carbocycles. The smallest absolute Gasteiger partial charge is 0.200 e. The Bertz CT molecular complexity index is 379. The Labute approximate surface area is 97.1 Å². The van der Waals surface area contributed by atoms with Crippen molar-refractivity contribution in [3.8, 4) is 11.5 Å². The highest BCUT2D eigenvalue weighted by Crippen LogP contribution is 2.39. The van der Waals surface area contributed by atoms with Crippen molar-refractivity contribution < 1.29 is 18.3 Å². The molecule has 0 unspecified atom stereocenters. The zero-order valence-corrected chi connectivity index (χ0v) is 9.02. The van der Waals surface area contributed by atoms with E-state index in [0.29, 0.717) is 13.1 Å². The molecular formula is C10H10ClF2NO2.